The highest BCUT2D eigenvalue weighted by atomic mass is 16.4. The maximum Gasteiger partial charge on any atom is 0.322 e. The Hall–Kier alpha value is -7.29. The number of nitrogens with zero attached hydrogens (tertiary/aromatic N) is 1. The number of amides is 11. The average molecular weight is 1080 g/mol. The molecule has 0 aliphatic carbocycles. The number of rotatable bonds is 38. The minimum absolute atomic E-state index is 0.0462. The van der Waals surface area contributed by atoms with Crippen LogP contribution in [0.4, 0.5) is 0 Å². The van der Waals surface area contributed by atoms with Gasteiger partial charge in [-0.1, -0.05) is 6.42 Å². The van der Waals surface area contributed by atoms with E-state index in [1.54, 1.807) is 0 Å². The van der Waals surface area contributed by atoms with Crippen LogP contribution in [0, 0.1) is 0 Å². The zero-order valence-electron chi connectivity index (χ0n) is 42.6. The first-order chi connectivity index (χ1) is 35.1. The Bertz CT molecular complexity index is 1970. The number of hydrogen-bond acceptors (Lipinski definition) is 18. The fourth-order valence-corrected chi connectivity index (χ4v) is 6.49. The molecule has 0 unspecified atom stereocenters. The number of primary amides is 1. The number of carbonyl (C=O) groups is 12. The maximum atomic E-state index is 14.0. The number of guanidine groups is 1. The number of aliphatic hydroxyl groups excluding tert-OH is 3. The second-order valence-electron chi connectivity index (χ2n) is 17.3. The number of carbonyl (C=O) groups excluding carboxylic acids is 11. The first-order valence-corrected chi connectivity index (χ1v) is 24.0. The summed E-state index contributed by atoms with van der Waals surface area (Å²) >= 11 is 0. The van der Waals surface area contributed by atoms with E-state index in [1.165, 1.54) is 13.8 Å². The van der Waals surface area contributed by atoms with Crippen molar-refractivity contribution in [2.45, 2.75) is 152 Å². The van der Waals surface area contributed by atoms with E-state index < -0.39 is 145 Å². The second-order valence-corrected chi connectivity index (χ2v) is 17.3. The highest BCUT2D eigenvalue weighted by Gasteiger charge is 2.35. The predicted octanol–water partition coefficient (Wildman–Crippen LogP) is -9.45. The molecule has 10 atom stereocenters. The number of hydrogen-bond donors (Lipinski definition) is 19. The molecule has 0 aliphatic rings. The fourth-order valence-electron chi connectivity index (χ4n) is 6.49. The predicted molar refractivity (Wildman–Crippen MR) is 265 cm³/mol. The third kappa shape index (κ3) is 29.3. The van der Waals surface area contributed by atoms with Crippen LogP contribution in [0.5, 0.6) is 0 Å². The van der Waals surface area contributed by atoms with E-state index >= 15 is 0 Å². The van der Waals surface area contributed by atoms with Gasteiger partial charge in [0.25, 0.3) is 0 Å². The SMILES string of the molecule is CC(=O)NCCCC[C@H](NC(=O)[C@H](CCCN=C(N)N)NC(=O)[C@H](C)NC(=O)[C@@H](NC(=O)[C@H](CCC(N)=O)NC(=O)[C@@H](N)CCCCN)[C@@H](C)O)C(=O)N[C@@H](CO)C(=O)N[C@H](C(=O)NCC(=O)NCC(=O)O)[C@@H](C)O. The molecular formula is C43H78N16O16. The van der Waals surface area contributed by atoms with Crippen molar-refractivity contribution in [1.82, 2.24) is 53.2 Å². The van der Waals surface area contributed by atoms with Crippen molar-refractivity contribution in [1.29, 1.82) is 0 Å². The molecule has 0 rings (SSSR count). The molecule has 0 bridgehead atoms. The minimum atomic E-state index is -1.83. The van der Waals surface area contributed by atoms with Gasteiger partial charge in [-0.25, -0.2) is 0 Å². The van der Waals surface area contributed by atoms with E-state index in [0.29, 0.717) is 19.4 Å². The Morgan fingerprint density at radius 2 is 1.03 bits per heavy atom. The van der Waals surface area contributed by atoms with Gasteiger partial charge in [-0.05, 0) is 78.7 Å². The third-order valence-electron chi connectivity index (χ3n) is 10.7. The van der Waals surface area contributed by atoms with E-state index in [0.717, 1.165) is 13.8 Å². The van der Waals surface area contributed by atoms with Gasteiger partial charge in [-0.15, -0.1) is 0 Å². The van der Waals surface area contributed by atoms with Gasteiger partial charge in [-0.3, -0.25) is 62.5 Å². The van der Waals surface area contributed by atoms with E-state index in [4.69, 9.17) is 33.8 Å². The van der Waals surface area contributed by atoms with Crippen LogP contribution in [0.3, 0.4) is 0 Å². The molecule has 75 heavy (non-hydrogen) atoms. The highest BCUT2D eigenvalue weighted by molar-refractivity contribution is 5.98. The number of carboxylic acid groups (broad SMARTS) is 1. The average Bonchev–Trinajstić information content (AvgIpc) is 3.33. The van der Waals surface area contributed by atoms with Crippen LogP contribution in [0.25, 0.3) is 0 Å². The fraction of sp³-hybridized carbons (Fsp3) is 0.698. The number of aliphatic carboxylic acids is 1. The van der Waals surface area contributed by atoms with Gasteiger partial charge >= 0.3 is 5.97 Å². The van der Waals surface area contributed by atoms with Crippen LogP contribution in [-0.4, -0.2) is 197 Å². The van der Waals surface area contributed by atoms with Crippen molar-refractivity contribution >= 4 is 76.9 Å². The first-order valence-electron chi connectivity index (χ1n) is 24.0. The van der Waals surface area contributed by atoms with Crippen LogP contribution in [0.15, 0.2) is 4.99 Å². The van der Waals surface area contributed by atoms with Crippen molar-refractivity contribution in [3.8, 4) is 0 Å². The molecule has 0 aromatic carbocycles. The highest BCUT2D eigenvalue weighted by Crippen LogP contribution is 2.08. The summed E-state index contributed by atoms with van der Waals surface area (Å²) in [6, 6.07) is -12.4. The van der Waals surface area contributed by atoms with Crippen LogP contribution in [0.1, 0.15) is 91.9 Å². The van der Waals surface area contributed by atoms with Crippen molar-refractivity contribution in [2.75, 3.05) is 39.3 Å². The van der Waals surface area contributed by atoms with Gasteiger partial charge in [0.2, 0.25) is 65.0 Å². The molecule has 426 valence electrons. The molecule has 11 amide bonds. The molecular weight excluding hydrogens is 997 g/mol. The molecule has 0 radical (unpaired) electrons. The number of aliphatic imine (C=N–C) groups is 1. The molecule has 0 aliphatic heterocycles. The summed E-state index contributed by atoms with van der Waals surface area (Å²) in [5, 5.41) is 62.7. The lowest BCUT2D eigenvalue weighted by Gasteiger charge is -2.28. The lowest BCUT2D eigenvalue weighted by atomic mass is 10.0. The Morgan fingerprint density at radius 1 is 0.533 bits per heavy atom. The number of nitrogens with one attached hydrogen (secondary N) is 10. The molecule has 32 nitrogen and oxygen atoms in total. The molecule has 24 N–H and O–H groups in total. The normalized spacial score (nSPS) is 14.8. The van der Waals surface area contributed by atoms with Gasteiger partial charge < -0.3 is 102 Å². The van der Waals surface area contributed by atoms with Gasteiger partial charge in [-0.2, -0.15) is 0 Å². The lowest BCUT2D eigenvalue weighted by molar-refractivity contribution is -0.138. The first kappa shape index (κ1) is 67.7. The summed E-state index contributed by atoms with van der Waals surface area (Å²) in [6.07, 6.45) is -2.48. The zero-order valence-corrected chi connectivity index (χ0v) is 42.6. The van der Waals surface area contributed by atoms with Crippen LogP contribution < -0.4 is 81.8 Å². The van der Waals surface area contributed by atoms with Gasteiger partial charge in [0, 0.05) is 26.4 Å². The maximum absolute atomic E-state index is 14.0. The molecule has 0 saturated heterocycles. The summed E-state index contributed by atoms with van der Waals surface area (Å²) < 4.78 is 0. The Balaban J connectivity index is 6.47. The van der Waals surface area contributed by atoms with Crippen molar-refractivity contribution in [3.05, 3.63) is 0 Å². The van der Waals surface area contributed by atoms with Crippen molar-refractivity contribution in [3.63, 3.8) is 0 Å². The molecule has 0 aromatic heterocycles. The largest absolute Gasteiger partial charge is 0.480 e. The summed E-state index contributed by atoms with van der Waals surface area (Å²) in [6.45, 7) is 2.59. The number of nitrogens with two attached hydrogens (primary N) is 5. The van der Waals surface area contributed by atoms with Crippen LogP contribution in [-0.2, 0) is 57.5 Å². The summed E-state index contributed by atoms with van der Waals surface area (Å²) in [4.78, 5) is 157. The Labute approximate surface area is 432 Å². The van der Waals surface area contributed by atoms with Gasteiger partial charge in [0.15, 0.2) is 5.96 Å². The van der Waals surface area contributed by atoms with Crippen molar-refractivity contribution < 1.29 is 78.0 Å². The van der Waals surface area contributed by atoms with Gasteiger partial charge in [0.05, 0.1) is 31.4 Å². The molecule has 0 fully saturated rings. The van der Waals surface area contributed by atoms with E-state index in [2.05, 4.69) is 52.8 Å². The summed E-state index contributed by atoms with van der Waals surface area (Å²) in [5.74, 6) is -12.0. The van der Waals surface area contributed by atoms with Gasteiger partial charge in [0.1, 0.15) is 48.8 Å². The van der Waals surface area contributed by atoms with E-state index in [-0.39, 0.29) is 76.3 Å². The molecule has 32 heteroatoms. The summed E-state index contributed by atoms with van der Waals surface area (Å²) in [7, 11) is 0. The summed E-state index contributed by atoms with van der Waals surface area (Å²) in [5.41, 5.74) is 27.6. The number of carboxylic acids is 1. The Kier molecular flexibility index (Phi) is 33.0. The second kappa shape index (κ2) is 36.6. The number of unbranched alkanes of at least 4 members (excludes halogenated alkanes) is 2. The van der Waals surface area contributed by atoms with Crippen LogP contribution in [0.2, 0.25) is 0 Å². The Morgan fingerprint density at radius 3 is 1.55 bits per heavy atom. The topological polar surface area (TPSA) is 549 Å². The quantitative estimate of drug-likeness (QED) is 0.0155. The molecule has 0 spiro atoms. The van der Waals surface area contributed by atoms with Crippen molar-refractivity contribution in [2.24, 2.45) is 33.7 Å². The third-order valence-corrected chi connectivity index (χ3v) is 10.7. The minimum Gasteiger partial charge on any atom is -0.480 e. The van der Waals surface area contributed by atoms with Crippen LogP contribution >= 0.6 is 0 Å². The van der Waals surface area contributed by atoms with E-state index in [1.807, 2.05) is 5.32 Å². The number of aliphatic hydroxyl groups is 3. The standard InChI is InChI=1S/C43H78N16O16/c1-21(53-42(75)34(23(3)62)59-39(72)28(13-14-30(46)64)55-36(69)25(45)10-5-7-15-44)35(68)54-27(12-9-17-50-43(47)48)37(70)56-26(11-6-8-16-49-24(4)63)38(71)57-29(20-60)40(73)58-33(22(2)61)41(74)52-18-31(65)51-19-32(66)67/h21-23,25-29,33-34,60-62H,5-20,44-45H2,1-4H3,(H2,46,64)(H,49,63)(H,51,65)(H,52,74)(H,53,75)(H,54,68)(H,55,69)(H,56,70)(H,57,71)(H,58,73)(H,59,72)(H,66,67)(H4,47,48,50)/t21-,22+,23+,25-,26-,27-,28-,29-,33-,34-/m0/s1. The smallest absolute Gasteiger partial charge is 0.322 e. The van der Waals surface area contributed by atoms with E-state index in [9.17, 15) is 72.9 Å². The molecule has 0 heterocycles. The monoisotopic (exact) mass is 1070 g/mol. The molecule has 0 aromatic rings. The zero-order chi connectivity index (χ0) is 57.4. The molecule has 0 saturated carbocycles. The lowest BCUT2D eigenvalue weighted by Crippen LogP contribution is -2.61.